The second kappa shape index (κ2) is 4.71. The van der Waals surface area contributed by atoms with Gasteiger partial charge < -0.3 is 11.1 Å². The first-order valence-corrected chi connectivity index (χ1v) is 6.74. The highest BCUT2D eigenvalue weighted by Gasteiger charge is 2.12. The van der Waals surface area contributed by atoms with Gasteiger partial charge in [0.1, 0.15) is 5.75 Å². The van der Waals surface area contributed by atoms with E-state index < -0.39 is 21.5 Å². The van der Waals surface area contributed by atoms with E-state index in [-0.39, 0.29) is 5.69 Å². The number of nitrogen functional groups attached to an aromatic ring is 1. The number of amides is 1. The summed E-state index contributed by atoms with van der Waals surface area (Å²) in [5.41, 5.74) is 6.22. The van der Waals surface area contributed by atoms with Gasteiger partial charge in [-0.3, -0.25) is 4.79 Å². The molecule has 1 aromatic rings. The van der Waals surface area contributed by atoms with Crippen LogP contribution in [0.4, 0.5) is 11.4 Å². The van der Waals surface area contributed by atoms with Gasteiger partial charge in [-0.05, 0) is 18.2 Å². The van der Waals surface area contributed by atoms with Crippen LogP contribution in [-0.4, -0.2) is 26.3 Å². The molecule has 5 nitrogen and oxygen atoms in total. The summed E-state index contributed by atoms with van der Waals surface area (Å²) in [7, 11) is -3.34. The third-order valence-corrected chi connectivity index (χ3v) is 2.70. The van der Waals surface area contributed by atoms with Crippen molar-refractivity contribution in [3.05, 3.63) is 23.2 Å². The van der Waals surface area contributed by atoms with Crippen LogP contribution in [0.25, 0.3) is 0 Å². The molecular formula is C9H11ClN2O3S. The van der Waals surface area contributed by atoms with Crippen molar-refractivity contribution < 1.29 is 13.2 Å². The molecule has 0 fully saturated rings. The van der Waals surface area contributed by atoms with Crippen molar-refractivity contribution in [1.29, 1.82) is 0 Å². The Hall–Kier alpha value is -1.27. The molecule has 16 heavy (non-hydrogen) atoms. The SMILES string of the molecule is CS(=O)(=O)CC(=O)Nc1ccc(Cl)cc1N. The topological polar surface area (TPSA) is 89.3 Å². The number of nitrogens with one attached hydrogen (secondary N) is 1. The Kier molecular flexibility index (Phi) is 3.77. The summed E-state index contributed by atoms with van der Waals surface area (Å²) < 4.78 is 21.7. The number of carbonyl (C=O) groups is 1. The molecule has 1 rings (SSSR count). The van der Waals surface area contributed by atoms with Crippen molar-refractivity contribution in [2.75, 3.05) is 23.1 Å². The molecule has 0 heterocycles. The van der Waals surface area contributed by atoms with Crippen LogP contribution in [0.2, 0.25) is 5.02 Å². The lowest BCUT2D eigenvalue weighted by Gasteiger charge is -2.07. The molecular weight excluding hydrogens is 252 g/mol. The molecule has 0 saturated heterocycles. The molecule has 7 heteroatoms. The van der Waals surface area contributed by atoms with E-state index in [1.54, 1.807) is 6.07 Å². The average molecular weight is 263 g/mol. The van der Waals surface area contributed by atoms with Crippen molar-refractivity contribution in [2.45, 2.75) is 0 Å². The normalized spacial score (nSPS) is 11.1. The van der Waals surface area contributed by atoms with Gasteiger partial charge in [-0.15, -0.1) is 0 Å². The highest BCUT2D eigenvalue weighted by atomic mass is 35.5. The summed E-state index contributed by atoms with van der Waals surface area (Å²) in [6.45, 7) is 0. The van der Waals surface area contributed by atoms with Gasteiger partial charge in [0.05, 0.1) is 11.4 Å². The minimum atomic E-state index is -3.34. The van der Waals surface area contributed by atoms with Crippen LogP contribution in [0.1, 0.15) is 0 Å². The average Bonchev–Trinajstić information content (AvgIpc) is 2.06. The number of halogens is 1. The second-order valence-electron chi connectivity index (χ2n) is 3.35. The van der Waals surface area contributed by atoms with Crippen LogP contribution in [0.3, 0.4) is 0 Å². The zero-order valence-corrected chi connectivity index (χ0v) is 10.1. The van der Waals surface area contributed by atoms with Crippen LogP contribution in [0.15, 0.2) is 18.2 Å². The molecule has 0 atom stereocenters. The number of sulfone groups is 1. The molecule has 0 unspecified atom stereocenters. The molecule has 0 aliphatic heterocycles. The zero-order chi connectivity index (χ0) is 12.3. The number of rotatable bonds is 3. The van der Waals surface area contributed by atoms with E-state index in [1.807, 2.05) is 0 Å². The van der Waals surface area contributed by atoms with Gasteiger partial charge in [0.2, 0.25) is 5.91 Å². The van der Waals surface area contributed by atoms with E-state index in [0.29, 0.717) is 10.7 Å². The van der Waals surface area contributed by atoms with Gasteiger partial charge in [0.25, 0.3) is 0 Å². The molecule has 3 N–H and O–H groups in total. The smallest absolute Gasteiger partial charge is 0.239 e. The highest BCUT2D eigenvalue weighted by molar-refractivity contribution is 7.91. The van der Waals surface area contributed by atoms with E-state index in [9.17, 15) is 13.2 Å². The quantitative estimate of drug-likeness (QED) is 0.792. The fourth-order valence-corrected chi connectivity index (χ4v) is 1.80. The largest absolute Gasteiger partial charge is 0.397 e. The van der Waals surface area contributed by atoms with Gasteiger partial charge in [-0.2, -0.15) is 0 Å². The Morgan fingerprint density at radius 3 is 2.62 bits per heavy atom. The standard InChI is InChI=1S/C9H11ClN2O3S/c1-16(14,15)5-9(13)12-8-3-2-6(10)4-7(8)11/h2-4H,5,11H2,1H3,(H,12,13). The summed E-state index contributed by atoms with van der Waals surface area (Å²) in [5.74, 6) is -1.20. The Labute approximate surface area is 98.5 Å². The summed E-state index contributed by atoms with van der Waals surface area (Å²) in [6, 6.07) is 4.53. The van der Waals surface area contributed by atoms with E-state index >= 15 is 0 Å². The zero-order valence-electron chi connectivity index (χ0n) is 8.53. The minimum absolute atomic E-state index is 0.286. The first-order chi connectivity index (χ1) is 7.28. The number of benzene rings is 1. The molecule has 0 aromatic heterocycles. The number of hydrogen-bond donors (Lipinski definition) is 2. The summed E-state index contributed by atoms with van der Waals surface area (Å²) >= 11 is 5.67. The third-order valence-electron chi connectivity index (χ3n) is 1.68. The minimum Gasteiger partial charge on any atom is -0.397 e. The molecule has 0 radical (unpaired) electrons. The van der Waals surface area contributed by atoms with Crippen LogP contribution in [0, 0.1) is 0 Å². The summed E-state index contributed by atoms with van der Waals surface area (Å²) in [6.07, 6.45) is 0.984. The van der Waals surface area contributed by atoms with Crippen molar-refractivity contribution in [3.8, 4) is 0 Å². The van der Waals surface area contributed by atoms with Crippen molar-refractivity contribution in [3.63, 3.8) is 0 Å². The third kappa shape index (κ3) is 4.08. The molecule has 1 aromatic carbocycles. The van der Waals surface area contributed by atoms with Gasteiger partial charge >= 0.3 is 0 Å². The van der Waals surface area contributed by atoms with Gasteiger partial charge in [0.15, 0.2) is 9.84 Å². The van der Waals surface area contributed by atoms with Gasteiger partial charge in [-0.1, -0.05) is 11.6 Å². The number of hydrogen-bond acceptors (Lipinski definition) is 4. The fourth-order valence-electron chi connectivity index (χ4n) is 1.07. The van der Waals surface area contributed by atoms with Gasteiger partial charge in [0, 0.05) is 11.3 Å². The maximum Gasteiger partial charge on any atom is 0.239 e. The fraction of sp³-hybridized carbons (Fsp3) is 0.222. The van der Waals surface area contributed by atoms with E-state index in [1.165, 1.54) is 12.1 Å². The van der Waals surface area contributed by atoms with E-state index in [4.69, 9.17) is 17.3 Å². The first-order valence-electron chi connectivity index (χ1n) is 4.30. The van der Waals surface area contributed by atoms with E-state index in [2.05, 4.69) is 5.32 Å². The predicted molar refractivity (Wildman–Crippen MR) is 64.2 cm³/mol. The molecule has 0 aliphatic rings. The van der Waals surface area contributed by atoms with Crippen molar-refractivity contribution >= 4 is 38.7 Å². The lowest BCUT2D eigenvalue weighted by molar-refractivity contribution is -0.113. The Morgan fingerprint density at radius 2 is 2.12 bits per heavy atom. The second-order valence-corrected chi connectivity index (χ2v) is 5.93. The first kappa shape index (κ1) is 12.8. The summed E-state index contributed by atoms with van der Waals surface area (Å²) in [4.78, 5) is 11.3. The Morgan fingerprint density at radius 1 is 1.50 bits per heavy atom. The molecule has 0 spiro atoms. The highest BCUT2D eigenvalue weighted by Crippen LogP contribution is 2.22. The molecule has 0 saturated carbocycles. The monoisotopic (exact) mass is 262 g/mol. The predicted octanol–water partition coefficient (Wildman–Crippen LogP) is 0.905. The maximum absolute atomic E-state index is 11.3. The van der Waals surface area contributed by atoms with Gasteiger partial charge in [-0.25, -0.2) is 8.42 Å². The lowest BCUT2D eigenvalue weighted by Crippen LogP contribution is -2.22. The number of carbonyl (C=O) groups excluding carboxylic acids is 1. The number of anilines is 2. The molecule has 0 aliphatic carbocycles. The lowest BCUT2D eigenvalue weighted by atomic mass is 10.2. The van der Waals surface area contributed by atoms with Crippen molar-refractivity contribution in [1.82, 2.24) is 0 Å². The molecule has 88 valence electrons. The Balaban J connectivity index is 2.78. The van der Waals surface area contributed by atoms with Crippen molar-refractivity contribution in [2.24, 2.45) is 0 Å². The Bertz CT molecular complexity index is 513. The maximum atomic E-state index is 11.3. The molecule has 0 bridgehead atoms. The number of nitrogens with two attached hydrogens (primary N) is 1. The summed E-state index contributed by atoms with van der Waals surface area (Å²) in [5, 5.41) is 2.84. The van der Waals surface area contributed by atoms with Crippen LogP contribution in [-0.2, 0) is 14.6 Å². The van der Waals surface area contributed by atoms with Crippen LogP contribution < -0.4 is 11.1 Å². The van der Waals surface area contributed by atoms with Crippen LogP contribution >= 0.6 is 11.6 Å². The van der Waals surface area contributed by atoms with E-state index in [0.717, 1.165) is 6.26 Å². The van der Waals surface area contributed by atoms with Crippen LogP contribution in [0.5, 0.6) is 0 Å². The molecule has 1 amide bonds.